The van der Waals surface area contributed by atoms with E-state index in [1.54, 1.807) is 24.3 Å². The molecule has 7 heteroatoms. The molecule has 0 saturated carbocycles. The number of benzene rings is 3. The smallest absolute Gasteiger partial charge is 0.306 e. The summed E-state index contributed by atoms with van der Waals surface area (Å²) in [5, 5.41) is 9.46. The molecule has 0 fully saturated rings. The highest BCUT2D eigenvalue weighted by molar-refractivity contribution is 5.71. The Bertz CT molecular complexity index is 1190. The lowest BCUT2D eigenvalue weighted by Crippen LogP contribution is -2.09. The number of carbonyl (C=O) groups is 1. The van der Waals surface area contributed by atoms with Crippen LogP contribution in [0.5, 0.6) is 28.7 Å². The maximum Gasteiger partial charge on any atom is 0.306 e. The van der Waals surface area contributed by atoms with Crippen LogP contribution in [0.25, 0.3) is 0 Å². The van der Waals surface area contributed by atoms with Gasteiger partial charge in [0.05, 0.1) is 20.1 Å². The number of ether oxygens (including phenoxy) is 4. The second-order valence-corrected chi connectivity index (χ2v) is 8.17. The van der Waals surface area contributed by atoms with Gasteiger partial charge >= 0.3 is 5.97 Å². The molecule has 1 heterocycles. The third-order valence-electron chi connectivity index (χ3n) is 6.09. The number of fused-ring (bicyclic) bond motifs is 2. The van der Waals surface area contributed by atoms with Crippen molar-refractivity contribution in [3.63, 3.8) is 0 Å². The van der Waals surface area contributed by atoms with E-state index in [1.165, 1.54) is 25.3 Å². The van der Waals surface area contributed by atoms with E-state index < -0.39 is 6.10 Å². The van der Waals surface area contributed by atoms with Crippen molar-refractivity contribution >= 4 is 5.97 Å². The summed E-state index contributed by atoms with van der Waals surface area (Å²) >= 11 is 0. The molecule has 0 bridgehead atoms. The van der Waals surface area contributed by atoms with Gasteiger partial charge in [-0.2, -0.15) is 0 Å². The Labute approximate surface area is 190 Å². The molecule has 3 aromatic rings. The van der Waals surface area contributed by atoms with Crippen molar-refractivity contribution in [2.24, 2.45) is 0 Å². The number of esters is 1. The fourth-order valence-electron chi connectivity index (χ4n) is 4.44. The third-order valence-corrected chi connectivity index (χ3v) is 6.09. The number of phenolic OH excluding ortho intramolecular Hbond substituents is 1. The SMILES string of the molecule is COC(=O)CC1COc2cc(O[C@@H]3CCc4c(Oc5ccc(O)cc5)ccc(F)c43)ccc21. The van der Waals surface area contributed by atoms with Crippen molar-refractivity contribution in [2.75, 3.05) is 13.7 Å². The Balaban J connectivity index is 1.35. The molecule has 6 nitrogen and oxygen atoms in total. The van der Waals surface area contributed by atoms with E-state index in [1.807, 2.05) is 12.1 Å². The second-order valence-electron chi connectivity index (χ2n) is 8.17. The number of methoxy groups -OCH3 is 1. The standard InChI is InChI=1S/C26H23FO6/c1-30-25(29)12-15-14-31-24-13-18(6-7-19(15)24)33-23-10-8-20-22(11-9-21(27)26(20)23)32-17-4-2-16(28)3-5-17/h2-7,9,11,13,15,23,28H,8,10,12,14H2,1H3/t15?,23-/m1/s1. The predicted octanol–water partition coefficient (Wildman–Crippen LogP) is 5.43. The zero-order valence-corrected chi connectivity index (χ0v) is 18.0. The van der Waals surface area contributed by atoms with Gasteiger partial charge in [0, 0.05) is 28.7 Å². The molecule has 1 aliphatic heterocycles. The maximum absolute atomic E-state index is 14.8. The Morgan fingerprint density at radius 3 is 2.70 bits per heavy atom. The van der Waals surface area contributed by atoms with Gasteiger partial charge in [-0.3, -0.25) is 4.79 Å². The molecule has 170 valence electrons. The first-order chi connectivity index (χ1) is 16.0. The summed E-state index contributed by atoms with van der Waals surface area (Å²) in [6.45, 7) is 0.409. The van der Waals surface area contributed by atoms with Crippen molar-refractivity contribution < 1.29 is 33.2 Å². The van der Waals surface area contributed by atoms with Gasteiger partial charge in [0.25, 0.3) is 0 Å². The van der Waals surface area contributed by atoms with E-state index in [0.29, 0.717) is 48.0 Å². The molecule has 5 rings (SSSR count). The van der Waals surface area contributed by atoms with Crippen LogP contribution in [0.3, 0.4) is 0 Å². The van der Waals surface area contributed by atoms with Gasteiger partial charge in [-0.25, -0.2) is 4.39 Å². The number of hydrogen-bond donors (Lipinski definition) is 1. The molecule has 1 N–H and O–H groups in total. The lowest BCUT2D eigenvalue weighted by Gasteiger charge is -2.17. The van der Waals surface area contributed by atoms with Gasteiger partial charge in [0.2, 0.25) is 0 Å². The summed E-state index contributed by atoms with van der Waals surface area (Å²) in [6.07, 6.45) is 1.04. The minimum Gasteiger partial charge on any atom is -0.508 e. The minimum atomic E-state index is -0.450. The molecule has 0 aromatic heterocycles. The van der Waals surface area contributed by atoms with E-state index in [9.17, 15) is 14.3 Å². The molecule has 0 saturated heterocycles. The summed E-state index contributed by atoms with van der Waals surface area (Å²) in [5.74, 6) is 1.87. The quantitative estimate of drug-likeness (QED) is 0.505. The van der Waals surface area contributed by atoms with E-state index >= 15 is 0 Å². The van der Waals surface area contributed by atoms with Crippen molar-refractivity contribution in [3.05, 3.63) is 77.1 Å². The van der Waals surface area contributed by atoms with E-state index in [4.69, 9.17) is 18.9 Å². The average Bonchev–Trinajstić information content (AvgIpc) is 3.42. The normalized spacial score (nSPS) is 18.2. The molecule has 2 atom stereocenters. The number of aromatic hydroxyl groups is 1. The highest BCUT2D eigenvalue weighted by Gasteiger charge is 2.32. The van der Waals surface area contributed by atoms with Crippen molar-refractivity contribution in [1.82, 2.24) is 0 Å². The largest absolute Gasteiger partial charge is 0.508 e. The Hall–Kier alpha value is -3.74. The van der Waals surface area contributed by atoms with Crippen LogP contribution in [0, 0.1) is 5.82 Å². The molecule has 2 aliphatic rings. The minimum absolute atomic E-state index is 0.0502. The molecule has 3 aromatic carbocycles. The summed E-state index contributed by atoms with van der Waals surface area (Å²) in [4.78, 5) is 11.6. The highest BCUT2D eigenvalue weighted by atomic mass is 19.1. The summed E-state index contributed by atoms with van der Waals surface area (Å²) in [6, 6.07) is 14.9. The molecule has 0 radical (unpaired) electrons. The van der Waals surface area contributed by atoms with Crippen LogP contribution in [-0.4, -0.2) is 24.8 Å². The molecule has 0 amide bonds. The van der Waals surface area contributed by atoms with Crippen LogP contribution < -0.4 is 14.2 Å². The zero-order chi connectivity index (χ0) is 22.9. The van der Waals surface area contributed by atoms with Gasteiger partial charge in [-0.1, -0.05) is 6.07 Å². The van der Waals surface area contributed by atoms with Crippen LogP contribution in [0.1, 0.15) is 41.6 Å². The molecule has 0 spiro atoms. The van der Waals surface area contributed by atoms with Crippen LogP contribution >= 0.6 is 0 Å². The van der Waals surface area contributed by atoms with Crippen molar-refractivity contribution in [2.45, 2.75) is 31.3 Å². The maximum atomic E-state index is 14.8. The summed E-state index contributed by atoms with van der Waals surface area (Å²) in [5.41, 5.74) is 2.22. The molecular weight excluding hydrogens is 427 g/mol. The monoisotopic (exact) mass is 450 g/mol. The predicted molar refractivity (Wildman–Crippen MR) is 118 cm³/mol. The van der Waals surface area contributed by atoms with Gasteiger partial charge in [0.1, 0.15) is 40.7 Å². The third kappa shape index (κ3) is 4.18. The van der Waals surface area contributed by atoms with Crippen LogP contribution in [0.4, 0.5) is 4.39 Å². The zero-order valence-electron chi connectivity index (χ0n) is 18.0. The lowest BCUT2D eigenvalue weighted by atomic mass is 9.98. The van der Waals surface area contributed by atoms with Crippen LogP contribution in [0.2, 0.25) is 0 Å². The van der Waals surface area contributed by atoms with Gasteiger partial charge < -0.3 is 24.1 Å². The van der Waals surface area contributed by atoms with Gasteiger partial charge in [0.15, 0.2) is 0 Å². The van der Waals surface area contributed by atoms with Crippen LogP contribution in [0.15, 0.2) is 54.6 Å². The first kappa shape index (κ1) is 21.1. The van der Waals surface area contributed by atoms with E-state index in [-0.39, 0.29) is 29.9 Å². The second kappa shape index (κ2) is 8.65. The van der Waals surface area contributed by atoms with Crippen molar-refractivity contribution in [1.29, 1.82) is 0 Å². The highest BCUT2D eigenvalue weighted by Crippen LogP contribution is 2.44. The number of rotatable bonds is 6. The number of carbonyl (C=O) groups excluding carboxylic acids is 1. The fraction of sp³-hybridized carbons (Fsp3) is 0.269. The summed E-state index contributed by atoms with van der Waals surface area (Å²) in [7, 11) is 1.37. The Morgan fingerprint density at radius 1 is 1.12 bits per heavy atom. The number of phenols is 1. The molecule has 33 heavy (non-hydrogen) atoms. The number of halogens is 1. The molecule has 1 unspecified atom stereocenters. The topological polar surface area (TPSA) is 74.2 Å². The van der Waals surface area contributed by atoms with Crippen LogP contribution in [-0.2, 0) is 16.0 Å². The summed E-state index contributed by atoms with van der Waals surface area (Å²) < 4.78 is 37.4. The lowest BCUT2D eigenvalue weighted by molar-refractivity contribution is -0.141. The first-order valence-corrected chi connectivity index (χ1v) is 10.8. The van der Waals surface area contributed by atoms with Crippen molar-refractivity contribution in [3.8, 4) is 28.7 Å². The number of hydrogen-bond acceptors (Lipinski definition) is 6. The first-order valence-electron chi connectivity index (χ1n) is 10.8. The van der Waals surface area contributed by atoms with Gasteiger partial charge in [-0.05, 0) is 55.3 Å². The van der Waals surface area contributed by atoms with E-state index in [2.05, 4.69) is 0 Å². The van der Waals surface area contributed by atoms with E-state index in [0.717, 1.165) is 11.1 Å². The van der Waals surface area contributed by atoms with Gasteiger partial charge in [-0.15, -0.1) is 0 Å². The fourth-order valence-corrected chi connectivity index (χ4v) is 4.44. The molecule has 1 aliphatic carbocycles. The molecular formula is C26H23FO6. The Morgan fingerprint density at radius 2 is 1.91 bits per heavy atom. The average molecular weight is 450 g/mol. The Kier molecular flexibility index (Phi) is 5.54.